The molecule has 0 saturated heterocycles. The van der Waals surface area contributed by atoms with E-state index in [-0.39, 0.29) is 5.41 Å². The molecule has 6 aromatic heterocycles. The van der Waals surface area contributed by atoms with E-state index in [2.05, 4.69) is 486 Å². The Kier molecular flexibility index (Phi) is 16.9. The number of nitrogens with zero attached hydrogens (tertiary/aromatic N) is 6. The number of aromatic nitrogens is 6. The molecule has 0 radical (unpaired) electrons. The number of pyridine rings is 1. The van der Waals surface area contributed by atoms with Crippen LogP contribution in [0.3, 0.4) is 0 Å². The quantitative estimate of drug-likeness (QED) is 0.0837. The van der Waals surface area contributed by atoms with E-state index in [9.17, 15) is 0 Å². The Bertz CT molecular complexity index is 8120. The summed E-state index contributed by atoms with van der Waals surface area (Å²) in [5, 5.41) is 23.2. The summed E-state index contributed by atoms with van der Waals surface area (Å²) in [6.45, 7) is 4.74. The van der Waals surface area contributed by atoms with Gasteiger partial charge < -0.3 is 18.3 Å². The SMILES string of the molecule is CC1(C)c2ccccc2-c2cc3c(cc21)c1ccccc1n3-c1ccc2c(c1)c1ccccc1n2-c1cccc([Si](c2ccccc2)(c2ccccc2)c2ccccc2)c1.c1ccc(-n2c3cc4c5ccccc5n(-c5ccc6c(c5)c5ccccc5n6-c5cccc([Si](c6ccccc6)(c6ccccc6)c6ccccc6)c5)c4cc3c3cccnc32)cc1. The normalized spacial score (nSPS) is 12.7. The van der Waals surface area contributed by atoms with Crippen molar-refractivity contribution in [1.29, 1.82) is 0 Å². The van der Waals surface area contributed by atoms with Crippen LogP contribution in [0.5, 0.6) is 0 Å². The zero-order valence-electron chi connectivity index (χ0n) is 68.6. The second kappa shape index (κ2) is 28.9. The third kappa shape index (κ3) is 11.0. The predicted octanol–water partition coefficient (Wildman–Crippen LogP) is 23.3. The fraction of sp³-hybridized carbons (Fsp3) is 0.0259. The highest BCUT2D eigenvalue weighted by atomic mass is 28.3. The van der Waals surface area contributed by atoms with Gasteiger partial charge in [-0.05, 0) is 197 Å². The molecule has 6 heterocycles. The second-order valence-corrected chi connectivity index (χ2v) is 41.2. The van der Waals surface area contributed by atoms with Crippen LogP contribution in [-0.4, -0.2) is 44.0 Å². The molecule has 18 aromatic carbocycles. The molecule has 8 heteroatoms. The zero-order chi connectivity index (χ0) is 82.2. The van der Waals surface area contributed by atoms with E-state index in [1.165, 1.54) is 168 Å². The molecule has 1 aliphatic rings. The first-order valence-electron chi connectivity index (χ1n) is 43.0. The average molecular weight is 1620 g/mol. The van der Waals surface area contributed by atoms with Gasteiger partial charge in [0.25, 0.3) is 0 Å². The van der Waals surface area contributed by atoms with Crippen LogP contribution in [-0.2, 0) is 5.41 Å². The molecular formula is C116H82N6Si2. The highest BCUT2D eigenvalue weighted by molar-refractivity contribution is 7.20. The first kappa shape index (κ1) is 72.5. The molecule has 0 aliphatic heterocycles. The number of rotatable bonds is 13. The van der Waals surface area contributed by atoms with Crippen molar-refractivity contribution in [3.8, 4) is 39.6 Å². The molecule has 0 atom stereocenters. The van der Waals surface area contributed by atoms with Crippen LogP contribution in [0.2, 0.25) is 0 Å². The fourth-order valence-electron chi connectivity index (χ4n) is 21.5. The lowest BCUT2D eigenvalue weighted by atomic mass is 9.82. The van der Waals surface area contributed by atoms with Gasteiger partial charge in [-0.2, -0.15) is 0 Å². The van der Waals surface area contributed by atoms with Crippen LogP contribution in [0, 0.1) is 0 Å². The molecule has 0 saturated carbocycles. The fourth-order valence-corrected chi connectivity index (χ4v) is 31.1. The van der Waals surface area contributed by atoms with Gasteiger partial charge in [0.05, 0.1) is 49.7 Å². The summed E-state index contributed by atoms with van der Waals surface area (Å²) in [4.78, 5) is 4.92. The average Bonchev–Trinajstić information content (AvgIpc) is 1.29. The minimum atomic E-state index is -2.75. The lowest BCUT2D eigenvalue weighted by Crippen LogP contribution is -2.74. The van der Waals surface area contributed by atoms with Crippen molar-refractivity contribution in [2.75, 3.05) is 0 Å². The van der Waals surface area contributed by atoms with Gasteiger partial charge in [-0.1, -0.05) is 335 Å². The lowest BCUT2D eigenvalue weighted by molar-refractivity contribution is 0.661. The predicted molar refractivity (Wildman–Crippen MR) is 527 cm³/mol. The van der Waals surface area contributed by atoms with Crippen molar-refractivity contribution in [2.45, 2.75) is 19.3 Å². The topological polar surface area (TPSA) is 37.5 Å². The first-order chi connectivity index (χ1) is 61.3. The second-order valence-electron chi connectivity index (χ2n) is 33.6. The molecule has 0 amide bonds. The molecule has 0 fully saturated rings. The summed E-state index contributed by atoms with van der Waals surface area (Å²) in [5.74, 6) is 0. The number of fused-ring (bicyclic) bond motifs is 18. The summed E-state index contributed by atoms with van der Waals surface area (Å²) < 4.78 is 12.2. The van der Waals surface area contributed by atoms with E-state index in [0.717, 1.165) is 33.6 Å². The van der Waals surface area contributed by atoms with Gasteiger partial charge in [-0.15, -0.1) is 0 Å². The minimum absolute atomic E-state index is 0.0627. The maximum absolute atomic E-state index is 4.92. The lowest BCUT2D eigenvalue weighted by Gasteiger charge is -2.34. The van der Waals surface area contributed by atoms with Crippen molar-refractivity contribution in [2.24, 2.45) is 0 Å². The van der Waals surface area contributed by atoms with Gasteiger partial charge in [-0.25, -0.2) is 4.98 Å². The van der Waals surface area contributed by atoms with Gasteiger partial charge in [-0.3, -0.25) is 4.57 Å². The largest absolute Gasteiger partial charge is 0.309 e. The van der Waals surface area contributed by atoms with Crippen molar-refractivity contribution < 1.29 is 0 Å². The first-order valence-corrected chi connectivity index (χ1v) is 47.0. The van der Waals surface area contributed by atoms with E-state index in [1.54, 1.807) is 0 Å². The Morgan fingerprint density at radius 1 is 0.185 bits per heavy atom. The van der Waals surface area contributed by atoms with E-state index >= 15 is 0 Å². The van der Waals surface area contributed by atoms with E-state index in [4.69, 9.17) is 4.98 Å². The summed E-state index contributed by atoms with van der Waals surface area (Å²) in [7, 11) is -5.49. The van der Waals surface area contributed by atoms with Crippen LogP contribution < -0.4 is 41.5 Å². The van der Waals surface area contributed by atoms with Crippen LogP contribution in [0.25, 0.3) is 149 Å². The van der Waals surface area contributed by atoms with Crippen molar-refractivity contribution in [3.05, 3.63) is 472 Å². The summed E-state index contributed by atoms with van der Waals surface area (Å²) in [5.41, 5.74) is 22.8. The van der Waals surface area contributed by atoms with E-state index in [0.29, 0.717) is 0 Å². The molecule has 1 aliphatic carbocycles. The highest BCUT2D eigenvalue weighted by Crippen LogP contribution is 2.52. The third-order valence-electron chi connectivity index (χ3n) is 26.9. The van der Waals surface area contributed by atoms with Crippen molar-refractivity contribution in [1.82, 2.24) is 27.8 Å². The Morgan fingerprint density at radius 2 is 0.484 bits per heavy atom. The van der Waals surface area contributed by atoms with Crippen LogP contribution in [0.15, 0.2) is 461 Å². The van der Waals surface area contributed by atoms with Crippen molar-refractivity contribution in [3.63, 3.8) is 0 Å². The van der Waals surface area contributed by atoms with Crippen molar-refractivity contribution >= 4 is 167 Å². The summed E-state index contributed by atoms with van der Waals surface area (Å²) >= 11 is 0. The van der Waals surface area contributed by atoms with E-state index in [1.807, 2.05) is 12.3 Å². The van der Waals surface area contributed by atoms with Gasteiger partial charge in [0, 0.05) is 93.9 Å². The monoisotopic (exact) mass is 1610 g/mol. The van der Waals surface area contributed by atoms with Crippen LogP contribution in [0.4, 0.5) is 0 Å². The summed E-state index contributed by atoms with van der Waals surface area (Å²) in [6, 6.07) is 169. The maximum atomic E-state index is 4.92. The number of para-hydroxylation sites is 5. The Morgan fingerprint density at radius 3 is 0.911 bits per heavy atom. The Balaban J connectivity index is 0.000000140. The Hall–Kier alpha value is -15.5. The molecule has 0 spiro atoms. The molecule has 6 nitrogen and oxygen atoms in total. The summed E-state index contributed by atoms with van der Waals surface area (Å²) in [6.07, 6.45) is 1.89. The third-order valence-corrected chi connectivity index (χ3v) is 36.4. The molecule has 0 N–H and O–H groups in total. The maximum Gasteiger partial charge on any atom is 0.179 e. The number of benzene rings is 18. The minimum Gasteiger partial charge on any atom is -0.309 e. The molecule has 0 bridgehead atoms. The van der Waals surface area contributed by atoms with E-state index < -0.39 is 16.1 Å². The molecular weight excluding hydrogens is 1530 g/mol. The van der Waals surface area contributed by atoms with Crippen LogP contribution in [0.1, 0.15) is 25.0 Å². The molecule has 24 aromatic rings. The number of hydrogen-bond acceptors (Lipinski definition) is 1. The van der Waals surface area contributed by atoms with Crippen LogP contribution >= 0.6 is 0 Å². The zero-order valence-corrected chi connectivity index (χ0v) is 70.6. The van der Waals surface area contributed by atoms with Gasteiger partial charge >= 0.3 is 0 Å². The van der Waals surface area contributed by atoms with Gasteiger partial charge in [0.1, 0.15) is 5.65 Å². The molecule has 124 heavy (non-hydrogen) atoms. The van der Waals surface area contributed by atoms with Gasteiger partial charge in [0.15, 0.2) is 16.1 Å². The highest BCUT2D eigenvalue weighted by Gasteiger charge is 2.44. The smallest absolute Gasteiger partial charge is 0.179 e. The Labute approximate surface area is 720 Å². The molecule has 584 valence electrons. The standard InChI is InChI=1S/C59H40N4Si.C57H42N2Si/c1-5-19-41(20-6-1)63-58-39-52-49-30-14-16-33-55(49)62(57(52)40-53(58)50-31-18-36-60-59(50)63)43-34-35-56-51(38-43)48-29-13-15-32-54(48)61(56)42-21-17-28-47(37-42)64(44-22-7-2-8-23-44,45-24-9-3-10-25-45)46-26-11-4-12-27-46;1-57(2)51-30-15-12-27-45(51)48-38-56-50(37-52(48)57)47-29-14-17-32-54(47)59(56)40-33-34-55-49(36-40)46-28-13-16-31-53(46)58(55)39-19-18-26-44(35-39)60(41-20-6-3-7-21-41,42-22-8-4-9-23-42)43-24-10-5-11-25-43/h1-40H;3-38H,1-2H3. The number of hydrogen-bond donors (Lipinski definition) is 0. The van der Waals surface area contributed by atoms with Gasteiger partial charge in [0.2, 0.25) is 0 Å². The molecule has 25 rings (SSSR count). The molecule has 0 unspecified atom stereocenters.